The first-order chi connectivity index (χ1) is 14.5. The molecule has 0 bridgehead atoms. The highest BCUT2D eigenvalue weighted by Crippen LogP contribution is 2.43. The van der Waals surface area contributed by atoms with E-state index in [1.54, 1.807) is 21.3 Å². The minimum atomic E-state index is 0.0271. The normalized spacial score (nSPS) is 14.5. The molecule has 1 saturated heterocycles. The van der Waals surface area contributed by atoms with E-state index in [4.69, 9.17) is 19.2 Å². The molecular weight excluding hydrogens is 384 g/mol. The molecule has 1 aliphatic heterocycles. The van der Waals surface area contributed by atoms with Crippen molar-refractivity contribution in [2.45, 2.75) is 18.8 Å². The highest BCUT2D eigenvalue weighted by Gasteiger charge is 2.29. The lowest BCUT2D eigenvalue weighted by atomic mass is 9.88. The van der Waals surface area contributed by atoms with Crippen molar-refractivity contribution in [3.63, 3.8) is 0 Å². The molecule has 0 N–H and O–H groups in total. The first-order valence-electron chi connectivity index (χ1n) is 10.0. The number of anilines is 1. The Kier molecular flexibility index (Phi) is 7.10. The van der Waals surface area contributed by atoms with Crippen molar-refractivity contribution in [2.75, 3.05) is 60.0 Å². The maximum absolute atomic E-state index is 12.2. The summed E-state index contributed by atoms with van der Waals surface area (Å²) in [5.74, 6) is 2.30. The van der Waals surface area contributed by atoms with E-state index in [0.29, 0.717) is 30.5 Å². The third-order valence-corrected chi connectivity index (χ3v) is 5.40. The number of methoxy groups -OCH3 is 3. The number of rotatable bonds is 7. The molecule has 1 aromatic heterocycles. The van der Waals surface area contributed by atoms with Crippen LogP contribution in [0.1, 0.15) is 24.5 Å². The number of piperidine rings is 1. The third-order valence-electron chi connectivity index (χ3n) is 5.40. The van der Waals surface area contributed by atoms with E-state index in [1.165, 1.54) is 0 Å². The summed E-state index contributed by atoms with van der Waals surface area (Å²) in [7, 11) is 8.68. The molecular formula is C22H30N4O4. The van der Waals surface area contributed by atoms with Gasteiger partial charge < -0.3 is 24.0 Å². The van der Waals surface area contributed by atoms with Gasteiger partial charge in [0.1, 0.15) is 18.1 Å². The molecule has 0 saturated carbocycles. The molecule has 162 valence electrons. The zero-order valence-electron chi connectivity index (χ0n) is 18.3. The Balaban J connectivity index is 2.01. The zero-order valence-corrected chi connectivity index (χ0v) is 18.3. The molecule has 8 heteroatoms. The van der Waals surface area contributed by atoms with Gasteiger partial charge in [-0.3, -0.25) is 4.79 Å². The van der Waals surface area contributed by atoms with Gasteiger partial charge in [0, 0.05) is 52.0 Å². The van der Waals surface area contributed by atoms with Crippen LogP contribution in [-0.4, -0.2) is 75.9 Å². The first-order valence-corrected chi connectivity index (χ1v) is 10.0. The molecule has 1 aliphatic rings. The van der Waals surface area contributed by atoms with Crippen LogP contribution in [0.25, 0.3) is 11.1 Å². The summed E-state index contributed by atoms with van der Waals surface area (Å²) < 4.78 is 16.2. The van der Waals surface area contributed by atoms with Crippen molar-refractivity contribution in [1.29, 1.82) is 0 Å². The number of hydrogen-bond acceptors (Lipinski definition) is 7. The summed E-state index contributed by atoms with van der Waals surface area (Å²) in [6.45, 7) is 1.47. The summed E-state index contributed by atoms with van der Waals surface area (Å²) in [5, 5.41) is 0. The van der Waals surface area contributed by atoms with E-state index in [2.05, 4.69) is 4.98 Å². The van der Waals surface area contributed by atoms with Crippen LogP contribution in [0.15, 0.2) is 24.4 Å². The average molecular weight is 415 g/mol. The second-order valence-electron chi connectivity index (χ2n) is 7.49. The van der Waals surface area contributed by atoms with E-state index in [9.17, 15) is 4.79 Å². The van der Waals surface area contributed by atoms with E-state index >= 15 is 0 Å². The maximum atomic E-state index is 12.2. The van der Waals surface area contributed by atoms with Crippen molar-refractivity contribution < 1.29 is 19.0 Å². The van der Waals surface area contributed by atoms with Crippen LogP contribution in [0.4, 0.5) is 5.95 Å². The summed E-state index contributed by atoms with van der Waals surface area (Å²) >= 11 is 0. The quantitative estimate of drug-likeness (QED) is 0.689. The molecule has 1 fully saturated rings. The largest absolute Gasteiger partial charge is 0.496 e. The summed E-state index contributed by atoms with van der Waals surface area (Å²) in [4.78, 5) is 25.4. The van der Waals surface area contributed by atoms with Crippen LogP contribution in [0, 0.1) is 0 Å². The minimum Gasteiger partial charge on any atom is -0.496 e. The number of nitrogens with zero attached hydrogens (tertiary/aromatic N) is 4. The lowest BCUT2D eigenvalue weighted by molar-refractivity contribution is -0.136. The Hall–Kier alpha value is -2.87. The van der Waals surface area contributed by atoms with Gasteiger partial charge in [-0.05, 0) is 25.0 Å². The fraction of sp³-hybridized carbons (Fsp3) is 0.500. The Labute approximate surface area is 177 Å². The molecule has 0 spiro atoms. The number of carbonyl (C=O) groups is 1. The molecule has 0 radical (unpaired) electrons. The van der Waals surface area contributed by atoms with Crippen molar-refractivity contribution in [1.82, 2.24) is 14.9 Å². The minimum absolute atomic E-state index is 0.0271. The Morgan fingerprint density at radius 1 is 1.13 bits per heavy atom. The number of benzene rings is 1. The molecule has 2 heterocycles. The number of ether oxygens (including phenoxy) is 3. The van der Waals surface area contributed by atoms with Gasteiger partial charge in [-0.25, -0.2) is 9.97 Å². The van der Waals surface area contributed by atoms with Crippen molar-refractivity contribution in [3.8, 4) is 22.6 Å². The maximum Gasteiger partial charge on any atom is 0.248 e. The van der Waals surface area contributed by atoms with Gasteiger partial charge in [-0.15, -0.1) is 0 Å². The van der Waals surface area contributed by atoms with Crippen LogP contribution in [0.3, 0.4) is 0 Å². The van der Waals surface area contributed by atoms with Gasteiger partial charge in [-0.1, -0.05) is 6.07 Å². The van der Waals surface area contributed by atoms with Crippen molar-refractivity contribution in [2.24, 2.45) is 0 Å². The molecule has 1 aromatic carbocycles. The monoisotopic (exact) mass is 414 g/mol. The number of likely N-dealkylation sites (tertiary alicyclic amines) is 1. The molecule has 8 nitrogen and oxygen atoms in total. The molecule has 30 heavy (non-hydrogen) atoms. The fourth-order valence-electron chi connectivity index (χ4n) is 3.84. The van der Waals surface area contributed by atoms with Crippen LogP contribution in [0.2, 0.25) is 0 Å². The van der Waals surface area contributed by atoms with Gasteiger partial charge in [0.05, 0.1) is 25.5 Å². The van der Waals surface area contributed by atoms with E-state index in [1.807, 2.05) is 48.3 Å². The highest BCUT2D eigenvalue weighted by molar-refractivity contribution is 5.79. The van der Waals surface area contributed by atoms with E-state index in [-0.39, 0.29) is 18.4 Å². The van der Waals surface area contributed by atoms with Gasteiger partial charge in [0.2, 0.25) is 11.9 Å². The van der Waals surface area contributed by atoms with Gasteiger partial charge in [0.25, 0.3) is 0 Å². The number of carbonyl (C=O) groups excluding carboxylic acids is 1. The highest BCUT2D eigenvalue weighted by atomic mass is 16.5. The fourth-order valence-corrected chi connectivity index (χ4v) is 3.84. The molecule has 0 atom stereocenters. The van der Waals surface area contributed by atoms with Gasteiger partial charge in [0.15, 0.2) is 0 Å². The van der Waals surface area contributed by atoms with Crippen LogP contribution in [-0.2, 0) is 9.53 Å². The van der Waals surface area contributed by atoms with Crippen molar-refractivity contribution in [3.05, 3.63) is 30.1 Å². The molecule has 0 unspecified atom stereocenters. The van der Waals surface area contributed by atoms with Crippen LogP contribution in [0.5, 0.6) is 11.5 Å². The second kappa shape index (κ2) is 9.75. The van der Waals surface area contributed by atoms with Crippen LogP contribution < -0.4 is 14.4 Å². The van der Waals surface area contributed by atoms with E-state index < -0.39 is 0 Å². The summed E-state index contributed by atoms with van der Waals surface area (Å²) in [6.07, 6.45) is 3.49. The third kappa shape index (κ3) is 4.48. The number of amides is 1. The van der Waals surface area contributed by atoms with Gasteiger partial charge >= 0.3 is 0 Å². The van der Waals surface area contributed by atoms with Gasteiger partial charge in [-0.2, -0.15) is 0 Å². The smallest absolute Gasteiger partial charge is 0.248 e. The topological polar surface area (TPSA) is 77.0 Å². The lowest BCUT2D eigenvalue weighted by Crippen LogP contribution is -2.40. The Bertz CT molecular complexity index is 857. The Morgan fingerprint density at radius 3 is 2.30 bits per heavy atom. The molecule has 0 aliphatic carbocycles. The van der Waals surface area contributed by atoms with E-state index in [0.717, 1.165) is 29.7 Å². The summed E-state index contributed by atoms with van der Waals surface area (Å²) in [6, 6.07) is 5.72. The zero-order chi connectivity index (χ0) is 21.7. The molecule has 2 aromatic rings. The number of aromatic nitrogens is 2. The Morgan fingerprint density at radius 2 is 1.77 bits per heavy atom. The number of hydrogen-bond donors (Lipinski definition) is 0. The van der Waals surface area contributed by atoms with Crippen LogP contribution >= 0.6 is 0 Å². The molecule has 3 rings (SSSR count). The lowest BCUT2D eigenvalue weighted by Gasteiger charge is -2.32. The average Bonchev–Trinajstić information content (AvgIpc) is 2.78. The summed E-state index contributed by atoms with van der Waals surface area (Å²) in [5.41, 5.74) is 2.70. The second-order valence-corrected chi connectivity index (χ2v) is 7.49. The molecule has 1 amide bonds. The SMILES string of the molecule is COCC(=O)N1CCC(c2nc(N(C)C)ncc2-c2c(OC)cccc2OC)CC1. The first kappa shape index (κ1) is 21.8. The predicted octanol–water partition coefficient (Wildman–Crippen LogP) is 2.58. The standard InChI is InChI=1S/C22H30N4O4/c1-25(2)22-23-13-16(20-17(29-4)7-6-8-18(20)30-5)21(24-22)15-9-11-26(12-10-15)19(27)14-28-3/h6-8,13,15H,9-12,14H2,1-5H3. The van der Waals surface area contributed by atoms with Crippen molar-refractivity contribution >= 4 is 11.9 Å². The predicted molar refractivity (Wildman–Crippen MR) is 115 cm³/mol.